The molecule has 1 amide bonds. The van der Waals surface area contributed by atoms with Crippen LogP contribution in [0.25, 0.3) is 15.8 Å². The van der Waals surface area contributed by atoms with E-state index in [4.69, 9.17) is 21.3 Å². The zero-order chi connectivity index (χ0) is 29.4. The van der Waals surface area contributed by atoms with Gasteiger partial charge in [0.05, 0.1) is 24.9 Å². The van der Waals surface area contributed by atoms with Crippen molar-refractivity contribution >= 4 is 56.5 Å². The first-order valence-electron chi connectivity index (χ1n) is 13.4. The summed E-state index contributed by atoms with van der Waals surface area (Å²) in [6.45, 7) is 2.32. The maximum Gasteiger partial charge on any atom is 0.499 e. The minimum Gasteiger partial charge on any atom is -0.497 e. The summed E-state index contributed by atoms with van der Waals surface area (Å²) in [5.41, 5.74) is 4.30. The van der Waals surface area contributed by atoms with Crippen LogP contribution >= 0.6 is 22.9 Å². The molecule has 9 nitrogen and oxygen atoms in total. The largest absolute Gasteiger partial charge is 0.499 e. The van der Waals surface area contributed by atoms with Crippen molar-refractivity contribution in [2.45, 2.75) is 25.8 Å². The average Bonchev–Trinajstić information content (AvgIpc) is 3.55. The van der Waals surface area contributed by atoms with Gasteiger partial charge in [0.25, 0.3) is 0 Å². The maximum absolute atomic E-state index is 13.3. The van der Waals surface area contributed by atoms with E-state index in [2.05, 4.69) is 15.5 Å². The summed E-state index contributed by atoms with van der Waals surface area (Å²) >= 11 is 7.53. The molecule has 5 aromatic rings. The van der Waals surface area contributed by atoms with Crippen molar-refractivity contribution in [3.8, 4) is 11.4 Å². The topological polar surface area (TPSA) is 122 Å². The van der Waals surface area contributed by atoms with E-state index < -0.39 is 13.2 Å². The van der Waals surface area contributed by atoms with E-state index in [1.165, 1.54) is 11.3 Å². The minimum atomic E-state index is -1.48. The van der Waals surface area contributed by atoms with Crippen LogP contribution in [0.2, 0.25) is 5.02 Å². The van der Waals surface area contributed by atoms with Gasteiger partial charge in [0.1, 0.15) is 17.6 Å². The fourth-order valence-electron chi connectivity index (χ4n) is 5.15. The SMILES string of the molecule is COc1ccc2c(c1)C(c1ccc(Cl)cc1)=N[C@@H](CC(=O)NCCc1ccc3cc(B(O)O)sc3c1)c1nnc(C)n1-2. The van der Waals surface area contributed by atoms with Gasteiger partial charge in [-0.25, -0.2) is 0 Å². The summed E-state index contributed by atoms with van der Waals surface area (Å²) in [5, 5.41) is 32.3. The van der Waals surface area contributed by atoms with Crippen LogP contribution in [0.3, 0.4) is 0 Å². The van der Waals surface area contributed by atoms with Crippen LogP contribution in [0.15, 0.2) is 71.7 Å². The molecule has 3 N–H and O–H groups in total. The lowest BCUT2D eigenvalue weighted by Crippen LogP contribution is -2.27. The van der Waals surface area contributed by atoms with E-state index >= 15 is 0 Å². The Morgan fingerprint density at radius 3 is 2.67 bits per heavy atom. The third-order valence-corrected chi connectivity index (χ3v) is 8.61. The van der Waals surface area contributed by atoms with Gasteiger partial charge in [0.2, 0.25) is 5.91 Å². The van der Waals surface area contributed by atoms with Gasteiger partial charge in [0.15, 0.2) is 5.82 Å². The van der Waals surface area contributed by atoms with E-state index in [1.54, 1.807) is 13.2 Å². The number of aliphatic imine (C=N–C) groups is 1. The van der Waals surface area contributed by atoms with Gasteiger partial charge in [0, 0.05) is 32.2 Å². The summed E-state index contributed by atoms with van der Waals surface area (Å²) in [5.74, 6) is 1.81. The van der Waals surface area contributed by atoms with Crippen LogP contribution in [-0.4, -0.2) is 57.2 Å². The van der Waals surface area contributed by atoms with E-state index in [9.17, 15) is 14.8 Å². The maximum atomic E-state index is 13.3. The molecule has 0 spiro atoms. The summed E-state index contributed by atoms with van der Waals surface area (Å²) in [6.07, 6.45) is 0.711. The van der Waals surface area contributed by atoms with E-state index in [-0.39, 0.29) is 12.3 Å². The van der Waals surface area contributed by atoms with E-state index in [0.29, 0.717) is 45.9 Å². The monoisotopic (exact) mass is 599 g/mol. The lowest BCUT2D eigenvalue weighted by molar-refractivity contribution is -0.121. The molecule has 0 aliphatic carbocycles. The molecule has 0 saturated carbocycles. The first kappa shape index (κ1) is 28.1. The van der Waals surface area contributed by atoms with Crippen molar-refractivity contribution in [1.82, 2.24) is 20.1 Å². The van der Waals surface area contributed by atoms with Gasteiger partial charge in [-0.2, -0.15) is 0 Å². The van der Waals surface area contributed by atoms with Crippen LogP contribution in [0, 0.1) is 6.92 Å². The number of fused-ring (bicyclic) bond motifs is 4. The molecule has 0 fully saturated rings. The second-order valence-electron chi connectivity index (χ2n) is 10.0. The second kappa shape index (κ2) is 11.7. The molecule has 1 aliphatic rings. The van der Waals surface area contributed by atoms with Crippen LogP contribution in [0.4, 0.5) is 0 Å². The van der Waals surface area contributed by atoms with Gasteiger partial charge < -0.3 is 20.1 Å². The number of carbonyl (C=O) groups excluding carboxylic acids is 1. The number of methoxy groups -OCH3 is 1. The fraction of sp³-hybridized carbons (Fsp3) is 0.200. The molecule has 1 aliphatic heterocycles. The van der Waals surface area contributed by atoms with Crippen molar-refractivity contribution in [2.75, 3.05) is 13.7 Å². The first-order valence-corrected chi connectivity index (χ1v) is 14.6. The number of nitrogens with zero attached hydrogens (tertiary/aromatic N) is 4. The number of hydrogen-bond donors (Lipinski definition) is 3. The van der Waals surface area contributed by atoms with Gasteiger partial charge in [-0.3, -0.25) is 14.4 Å². The normalized spacial score (nSPS) is 14.1. The Bertz CT molecular complexity index is 1820. The summed E-state index contributed by atoms with van der Waals surface area (Å²) in [6, 6.07) is 20.4. The van der Waals surface area contributed by atoms with Gasteiger partial charge in [-0.05, 0) is 66.8 Å². The fourth-order valence-corrected chi connectivity index (χ4v) is 6.28. The van der Waals surface area contributed by atoms with Gasteiger partial charge in [-0.15, -0.1) is 21.5 Å². The third kappa shape index (κ3) is 5.56. The zero-order valence-corrected chi connectivity index (χ0v) is 24.5. The quantitative estimate of drug-likeness (QED) is 0.234. The number of thiophene rings is 1. The molecular weight excluding hydrogens is 573 g/mol. The molecule has 6 rings (SSSR count). The van der Waals surface area contributed by atoms with Crippen molar-refractivity contribution in [2.24, 2.45) is 4.99 Å². The zero-order valence-electron chi connectivity index (χ0n) is 22.9. The number of halogens is 1. The van der Waals surface area contributed by atoms with Crippen LogP contribution in [-0.2, 0) is 11.2 Å². The number of amides is 1. The average molecular weight is 600 g/mol. The number of rotatable bonds is 8. The highest BCUT2D eigenvalue weighted by Gasteiger charge is 2.30. The molecule has 0 radical (unpaired) electrons. The summed E-state index contributed by atoms with van der Waals surface area (Å²) in [4.78, 5) is 18.4. The Morgan fingerprint density at radius 1 is 1.10 bits per heavy atom. The Kier molecular flexibility index (Phi) is 7.83. The number of carbonyl (C=O) groups is 1. The lowest BCUT2D eigenvalue weighted by atomic mass is 9.89. The lowest BCUT2D eigenvalue weighted by Gasteiger charge is -2.14. The number of benzene rings is 3. The highest BCUT2D eigenvalue weighted by molar-refractivity contribution is 7.27. The molecule has 0 bridgehead atoms. The highest BCUT2D eigenvalue weighted by Crippen LogP contribution is 2.34. The Morgan fingerprint density at radius 2 is 1.90 bits per heavy atom. The van der Waals surface area contributed by atoms with Crippen LogP contribution in [0.5, 0.6) is 5.75 Å². The predicted molar refractivity (Wildman–Crippen MR) is 165 cm³/mol. The van der Waals surface area contributed by atoms with Crippen LogP contribution < -0.4 is 14.8 Å². The third-order valence-electron chi connectivity index (χ3n) is 7.22. The second-order valence-corrected chi connectivity index (χ2v) is 11.6. The van der Waals surface area contributed by atoms with Gasteiger partial charge in [-0.1, -0.05) is 35.9 Å². The Labute approximate surface area is 251 Å². The van der Waals surface area contributed by atoms with Crippen molar-refractivity contribution in [1.29, 1.82) is 0 Å². The predicted octanol–water partition coefficient (Wildman–Crippen LogP) is 3.77. The van der Waals surface area contributed by atoms with Crippen molar-refractivity contribution < 1.29 is 19.6 Å². The number of nitrogens with one attached hydrogen (secondary N) is 1. The Hall–Kier alpha value is -4.03. The van der Waals surface area contributed by atoms with E-state index in [1.807, 2.05) is 72.2 Å². The first-order chi connectivity index (χ1) is 20.3. The van der Waals surface area contributed by atoms with Gasteiger partial charge >= 0.3 is 7.12 Å². The molecule has 42 heavy (non-hydrogen) atoms. The number of aromatic nitrogens is 3. The summed E-state index contributed by atoms with van der Waals surface area (Å²) in [7, 11) is 0.136. The number of hydrogen-bond acceptors (Lipinski definition) is 8. The molecule has 0 unspecified atom stereocenters. The number of ether oxygens (including phenoxy) is 1. The highest BCUT2D eigenvalue weighted by atomic mass is 35.5. The molecule has 1 atom stereocenters. The molecule has 212 valence electrons. The smallest absolute Gasteiger partial charge is 0.497 e. The molecule has 2 aromatic heterocycles. The standard InChI is InChI=1S/C30H27BClN5O4S/c1-17-35-36-30-24(16-28(38)33-12-11-18-3-4-20-14-27(31(39)40)42-26(20)13-18)34-29(19-5-7-21(32)8-6-19)23-15-22(41-2)9-10-25(23)37(17)30/h3-10,13-15,24,39-40H,11-12,16H2,1-2H3,(H,33,38)/t24-/m0/s1. The molecule has 3 heterocycles. The van der Waals surface area contributed by atoms with Crippen molar-refractivity contribution in [3.63, 3.8) is 0 Å². The molecular formula is C30H27BClN5O4S. The number of aryl methyl sites for hydroxylation is 1. The van der Waals surface area contributed by atoms with Crippen LogP contribution in [0.1, 0.15) is 40.8 Å². The van der Waals surface area contributed by atoms with E-state index in [0.717, 1.165) is 32.5 Å². The summed E-state index contributed by atoms with van der Waals surface area (Å²) < 4.78 is 8.95. The van der Waals surface area contributed by atoms with Crippen molar-refractivity contribution in [3.05, 3.63) is 100 Å². The molecule has 0 saturated heterocycles. The Balaban J connectivity index is 1.26. The minimum absolute atomic E-state index is 0.0854. The molecule has 12 heteroatoms. The molecule has 3 aromatic carbocycles.